The van der Waals surface area contributed by atoms with Crippen molar-refractivity contribution >= 4 is 0 Å². The molecule has 0 saturated carbocycles. The summed E-state index contributed by atoms with van der Waals surface area (Å²) in [5, 5.41) is 9.91. The van der Waals surface area contributed by atoms with E-state index in [-0.39, 0.29) is 12.2 Å². The summed E-state index contributed by atoms with van der Waals surface area (Å²) in [6.07, 6.45) is 1.17. The third kappa shape index (κ3) is 4.28. The molecule has 2 aromatic rings. The van der Waals surface area contributed by atoms with Gasteiger partial charge in [0.15, 0.2) is 0 Å². The van der Waals surface area contributed by atoms with Gasteiger partial charge in [-0.2, -0.15) is 0 Å². The third-order valence-electron chi connectivity index (χ3n) is 4.24. The fraction of sp³-hybridized carbons (Fsp3) is 0.400. The maximum absolute atomic E-state index is 9.91. The van der Waals surface area contributed by atoms with Gasteiger partial charge < -0.3 is 19.3 Å². The fourth-order valence-electron chi connectivity index (χ4n) is 3.02. The molecule has 3 atom stereocenters. The number of rotatable bonds is 5. The highest BCUT2D eigenvalue weighted by Crippen LogP contribution is 2.27. The van der Waals surface area contributed by atoms with Gasteiger partial charge in [-0.25, -0.2) is 0 Å². The van der Waals surface area contributed by atoms with Crippen molar-refractivity contribution in [3.63, 3.8) is 0 Å². The number of aliphatic hydroxyl groups excluding tert-OH is 1. The second-order valence-corrected chi connectivity index (χ2v) is 6.25. The molecule has 1 aliphatic rings. The largest absolute Gasteiger partial charge is 0.497 e. The third-order valence-corrected chi connectivity index (χ3v) is 4.24. The smallest absolute Gasteiger partial charge is 0.202 e. The Labute approximate surface area is 143 Å². The Balaban J connectivity index is 1.72. The first-order valence-corrected chi connectivity index (χ1v) is 8.35. The Morgan fingerprint density at radius 1 is 1.08 bits per heavy atom. The van der Waals surface area contributed by atoms with Crippen molar-refractivity contribution < 1.29 is 19.3 Å². The lowest BCUT2D eigenvalue weighted by atomic mass is 10.0. The molecular weight excluding hydrogens is 304 g/mol. The minimum absolute atomic E-state index is 0.00694. The summed E-state index contributed by atoms with van der Waals surface area (Å²) in [4.78, 5) is 0. The molecule has 4 nitrogen and oxygen atoms in total. The summed E-state index contributed by atoms with van der Waals surface area (Å²) in [6, 6.07) is 16.0. The van der Waals surface area contributed by atoms with Crippen LogP contribution in [0.1, 0.15) is 30.9 Å². The summed E-state index contributed by atoms with van der Waals surface area (Å²) in [7, 11) is 1.66. The lowest BCUT2D eigenvalue weighted by molar-refractivity contribution is -0.170. The fourth-order valence-corrected chi connectivity index (χ4v) is 3.02. The summed E-state index contributed by atoms with van der Waals surface area (Å²) in [5.41, 5.74) is 2.28. The monoisotopic (exact) mass is 328 g/mol. The van der Waals surface area contributed by atoms with Crippen LogP contribution in [0, 0.1) is 0 Å². The van der Waals surface area contributed by atoms with Gasteiger partial charge in [0.1, 0.15) is 11.5 Å². The second kappa shape index (κ2) is 7.69. The van der Waals surface area contributed by atoms with Crippen LogP contribution >= 0.6 is 0 Å². The van der Waals surface area contributed by atoms with Gasteiger partial charge >= 0.3 is 0 Å². The van der Waals surface area contributed by atoms with E-state index in [0.29, 0.717) is 12.8 Å². The number of aliphatic hydroxyl groups is 1. The standard InChI is InChI=1S/C20H24O4/c1-14-11-17(21)13-20(23-14)24-19-6-4-3-5-16(19)12-15-7-9-18(22-2)10-8-15/h3-10,14,17,20-21H,11-13H2,1-2H3/t14-,17+,20?/m1/s1. The maximum Gasteiger partial charge on any atom is 0.202 e. The highest BCUT2D eigenvalue weighted by molar-refractivity contribution is 5.39. The Bertz CT molecular complexity index is 643. The number of hydrogen-bond donors (Lipinski definition) is 1. The summed E-state index contributed by atoms with van der Waals surface area (Å²) in [5.74, 6) is 1.65. The highest BCUT2D eigenvalue weighted by atomic mass is 16.7. The van der Waals surface area contributed by atoms with Gasteiger partial charge in [-0.3, -0.25) is 0 Å². The molecule has 0 aliphatic carbocycles. The number of benzene rings is 2. The molecule has 1 N–H and O–H groups in total. The SMILES string of the molecule is COc1ccc(Cc2ccccc2OC2C[C@@H](O)C[C@@H](C)O2)cc1. The number of methoxy groups -OCH3 is 1. The lowest BCUT2D eigenvalue weighted by Gasteiger charge is -2.31. The molecule has 0 bridgehead atoms. The quantitative estimate of drug-likeness (QED) is 0.912. The van der Waals surface area contributed by atoms with E-state index in [1.165, 1.54) is 5.56 Å². The average molecular weight is 328 g/mol. The van der Waals surface area contributed by atoms with Crippen LogP contribution in [0.5, 0.6) is 11.5 Å². The summed E-state index contributed by atoms with van der Waals surface area (Å²) < 4.78 is 17.0. The molecular formula is C20H24O4. The summed E-state index contributed by atoms with van der Waals surface area (Å²) >= 11 is 0. The molecule has 4 heteroatoms. The van der Waals surface area contributed by atoms with Crippen molar-refractivity contribution in [3.05, 3.63) is 59.7 Å². The van der Waals surface area contributed by atoms with Gasteiger partial charge in [-0.15, -0.1) is 0 Å². The predicted molar refractivity (Wildman–Crippen MR) is 92.4 cm³/mol. The van der Waals surface area contributed by atoms with Crippen molar-refractivity contribution in [1.82, 2.24) is 0 Å². The van der Waals surface area contributed by atoms with Gasteiger partial charge in [-0.1, -0.05) is 30.3 Å². The van der Waals surface area contributed by atoms with Gasteiger partial charge in [0, 0.05) is 12.8 Å². The molecule has 2 aromatic carbocycles. The molecule has 24 heavy (non-hydrogen) atoms. The van der Waals surface area contributed by atoms with Crippen LogP contribution in [0.25, 0.3) is 0 Å². The van der Waals surface area contributed by atoms with E-state index < -0.39 is 6.29 Å². The highest BCUT2D eigenvalue weighted by Gasteiger charge is 2.27. The first kappa shape index (κ1) is 16.8. The Kier molecular flexibility index (Phi) is 5.38. The van der Waals surface area contributed by atoms with E-state index in [4.69, 9.17) is 14.2 Å². The van der Waals surface area contributed by atoms with Gasteiger partial charge in [-0.05, 0) is 42.7 Å². The Morgan fingerprint density at radius 2 is 1.83 bits per heavy atom. The van der Waals surface area contributed by atoms with Crippen molar-refractivity contribution in [2.45, 2.75) is 44.7 Å². The first-order valence-electron chi connectivity index (χ1n) is 8.35. The van der Waals surface area contributed by atoms with E-state index in [1.54, 1.807) is 7.11 Å². The first-order chi connectivity index (χ1) is 11.6. The van der Waals surface area contributed by atoms with Crippen LogP contribution in [0.15, 0.2) is 48.5 Å². The van der Waals surface area contributed by atoms with Crippen LogP contribution in [0.2, 0.25) is 0 Å². The molecule has 1 unspecified atom stereocenters. The molecule has 1 fully saturated rings. The molecule has 0 amide bonds. The zero-order valence-electron chi connectivity index (χ0n) is 14.1. The van der Waals surface area contributed by atoms with Crippen molar-refractivity contribution in [1.29, 1.82) is 0 Å². The number of ether oxygens (including phenoxy) is 3. The van der Waals surface area contributed by atoms with Crippen LogP contribution in [0.4, 0.5) is 0 Å². The van der Waals surface area contributed by atoms with E-state index in [9.17, 15) is 5.11 Å². The summed E-state index contributed by atoms with van der Waals surface area (Å²) in [6.45, 7) is 1.96. The number of para-hydroxylation sites is 1. The zero-order valence-corrected chi connectivity index (χ0v) is 14.1. The van der Waals surface area contributed by atoms with Gasteiger partial charge in [0.2, 0.25) is 6.29 Å². The zero-order chi connectivity index (χ0) is 16.9. The van der Waals surface area contributed by atoms with E-state index in [0.717, 1.165) is 23.5 Å². The average Bonchev–Trinajstić information content (AvgIpc) is 2.56. The molecule has 1 heterocycles. The van der Waals surface area contributed by atoms with E-state index in [1.807, 2.05) is 37.3 Å². The van der Waals surface area contributed by atoms with Crippen LogP contribution in [0.3, 0.4) is 0 Å². The normalized spacial score (nSPS) is 23.7. The Morgan fingerprint density at radius 3 is 2.54 bits per heavy atom. The lowest BCUT2D eigenvalue weighted by Crippen LogP contribution is -2.37. The molecule has 0 radical (unpaired) electrons. The predicted octanol–water partition coefficient (Wildman–Crippen LogP) is 3.55. The number of hydrogen-bond acceptors (Lipinski definition) is 4. The molecule has 1 saturated heterocycles. The van der Waals surface area contributed by atoms with Gasteiger partial charge in [0.25, 0.3) is 0 Å². The topological polar surface area (TPSA) is 47.9 Å². The molecule has 0 aromatic heterocycles. The van der Waals surface area contributed by atoms with E-state index in [2.05, 4.69) is 18.2 Å². The van der Waals surface area contributed by atoms with Crippen LogP contribution in [-0.2, 0) is 11.2 Å². The molecule has 3 rings (SSSR count). The van der Waals surface area contributed by atoms with Crippen LogP contribution < -0.4 is 9.47 Å². The van der Waals surface area contributed by atoms with Crippen molar-refractivity contribution in [2.75, 3.05) is 7.11 Å². The molecule has 128 valence electrons. The van der Waals surface area contributed by atoms with Gasteiger partial charge in [0.05, 0.1) is 19.3 Å². The molecule has 0 spiro atoms. The van der Waals surface area contributed by atoms with E-state index >= 15 is 0 Å². The maximum atomic E-state index is 9.91. The minimum Gasteiger partial charge on any atom is -0.497 e. The minimum atomic E-state index is -0.402. The van der Waals surface area contributed by atoms with Crippen LogP contribution in [-0.4, -0.2) is 30.7 Å². The molecule has 1 aliphatic heterocycles. The van der Waals surface area contributed by atoms with Crippen molar-refractivity contribution in [3.8, 4) is 11.5 Å². The second-order valence-electron chi connectivity index (χ2n) is 6.25. The van der Waals surface area contributed by atoms with Crippen molar-refractivity contribution in [2.24, 2.45) is 0 Å². The Hall–Kier alpha value is -2.04.